The van der Waals surface area contributed by atoms with Crippen LogP contribution in [0, 0.1) is 0 Å². The highest BCUT2D eigenvalue weighted by Crippen LogP contribution is 2.36. The summed E-state index contributed by atoms with van der Waals surface area (Å²) in [5.74, 6) is 0.758. The maximum Gasteiger partial charge on any atom is 0.153 e. The van der Waals surface area contributed by atoms with Gasteiger partial charge < -0.3 is 9.84 Å². The van der Waals surface area contributed by atoms with E-state index in [0.717, 1.165) is 28.5 Å². The van der Waals surface area contributed by atoms with E-state index in [2.05, 4.69) is 13.2 Å². The van der Waals surface area contributed by atoms with Crippen LogP contribution in [0.15, 0.2) is 55.6 Å². The molecule has 2 aromatic carbocycles. The zero-order valence-electron chi connectivity index (χ0n) is 13.2. The SMILES string of the molecule is C=CCc1cc(C=O)c(OC)c(-c2ccc(O)c(CC=C)c2)c1. The van der Waals surface area contributed by atoms with Crippen LogP contribution >= 0.6 is 0 Å². The third-order valence-corrected chi connectivity index (χ3v) is 3.64. The predicted octanol–water partition coefficient (Wildman–Crippen LogP) is 4.34. The fourth-order valence-electron chi connectivity index (χ4n) is 2.60. The van der Waals surface area contributed by atoms with Crippen molar-refractivity contribution in [1.29, 1.82) is 0 Å². The van der Waals surface area contributed by atoms with Gasteiger partial charge in [-0.2, -0.15) is 0 Å². The Balaban J connectivity index is 2.67. The molecule has 0 saturated heterocycles. The number of ether oxygens (including phenoxy) is 1. The maximum atomic E-state index is 11.4. The molecule has 2 rings (SSSR count). The van der Waals surface area contributed by atoms with Gasteiger partial charge in [-0.05, 0) is 53.8 Å². The first-order chi connectivity index (χ1) is 11.1. The Kier molecular flexibility index (Phi) is 5.36. The lowest BCUT2D eigenvalue weighted by molar-refractivity contribution is 0.112. The molecule has 0 aliphatic carbocycles. The molecule has 0 aromatic heterocycles. The van der Waals surface area contributed by atoms with Gasteiger partial charge in [0.1, 0.15) is 11.5 Å². The first kappa shape index (κ1) is 16.6. The minimum Gasteiger partial charge on any atom is -0.508 e. The van der Waals surface area contributed by atoms with Crippen LogP contribution in [0.1, 0.15) is 21.5 Å². The number of carbonyl (C=O) groups excluding carboxylic acids is 1. The van der Waals surface area contributed by atoms with Crippen molar-refractivity contribution in [3.8, 4) is 22.6 Å². The van der Waals surface area contributed by atoms with Crippen LogP contribution in [0.4, 0.5) is 0 Å². The normalized spacial score (nSPS) is 10.1. The van der Waals surface area contributed by atoms with Crippen LogP contribution in [0.25, 0.3) is 11.1 Å². The fourth-order valence-corrected chi connectivity index (χ4v) is 2.60. The van der Waals surface area contributed by atoms with E-state index in [0.29, 0.717) is 24.2 Å². The first-order valence-corrected chi connectivity index (χ1v) is 7.34. The third-order valence-electron chi connectivity index (χ3n) is 3.64. The molecule has 3 heteroatoms. The molecule has 0 spiro atoms. The van der Waals surface area contributed by atoms with Crippen molar-refractivity contribution in [1.82, 2.24) is 0 Å². The molecule has 0 amide bonds. The van der Waals surface area contributed by atoms with Crippen molar-refractivity contribution in [2.75, 3.05) is 7.11 Å². The molecule has 0 saturated carbocycles. The molecule has 0 heterocycles. The van der Waals surface area contributed by atoms with Gasteiger partial charge in [0.05, 0.1) is 12.7 Å². The second-order valence-electron chi connectivity index (χ2n) is 5.21. The van der Waals surface area contributed by atoms with Gasteiger partial charge in [-0.25, -0.2) is 0 Å². The fraction of sp³-hybridized carbons (Fsp3) is 0.150. The summed E-state index contributed by atoms with van der Waals surface area (Å²) in [5.41, 5.74) is 3.96. The number of phenols is 1. The summed E-state index contributed by atoms with van der Waals surface area (Å²) in [6.45, 7) is 7.45. The molecule has 0 fully saturated rings. The zero-order chi connectivity index (χ0) is 16.8. The Morgan fingerprint density at radius 1 is 1.13 bits per heavy atom. The summed E-state index contributed by atoms with van der Waals surface area (Å²) >= 11 is 0. The van der Waals surface area contributed by atoms with E-state index in [4.69, 9.17) is 4.74 Å². The summed E-state index contributed by atoms with van der Waals surface area (Å²) in [4.78, 5) is 11.4. The summed E-state index contributed by atoms with van der Waals surface area (Å²) < 4.78 is 5.45. The quantitative estimate of drug-likeness (QED) is 0.611. The summed E-state index contributed by atoms with van der Waals surface area (Å²) in [5, 5.41) is 9.93. The minimum atomic E-state index is 0.227. The van der Waals surface area contributed by atoms with E-state index in [9.17, 15) is 9.90 Å². The number of allylic oxidation sites excluding steroid dienone is 2. The molecule has 23 heavy (non-hydrogen) atoms. The number of rotatable bonds is 7. The molecule has 3 nitrogen and oxygen atoms in total. The van der Waals surface area contributed by atoms with E-state index in [1.165, 1.54) is 0 Å². The van der Waals surface area contributed by atoms with E-state index >= 15 is 0 Å². The van der Waals surface area contributed by atoms with E-state index in [1.54, 1.807) is 25.3 Å². The highest BCUT2D eigenvalue weighted by Gasteiger charge is 2.14. The van der Waals surface area contributed by atoms with Gasteiger partial charge in [0.25, 0.3) is 0 Å². The van der Waals surface area contributed by atoms with Crippen LogP contribution < -0.4 is 4.74 Å². The monoisotopic (exact) mass is 308 g/mol. The van der Waals surface area contributed by atoms with Gasteiger partial charge in [0.2, 0.25) is 0 Å². The second-order valence-corrected chi connectivity index (χ2v) is 5.21. The largest absolute Gasteiger partial charge is 0.508 e. The van der Waals surface area contributed by atoms with Crippen LogP contribution in [0.2, 0.25) is 0 Å². The zero-order valence-corrected chi connectivity index (χ0v) is 13.2. The number of hydrogen-bond acceptors (Lipinski definition) is 3. The Morgan fingerprint density at radius 3 is 2.48 bits per heavy atom. The molecular weight excluding hydrogens is 288 g/mol. The molecule has 118 valence electrons. The number of methoxy groups -OCH3 is 1. The molecule has 0 atom stereocenters. The minimum absolute atomic E-state index is 0.227. The molecule has 2 aromatic rings. The van der Waals surface area contributed by atoms with Gasteiger partial charge in [0.15, 0.2) is 6.29 Å². The number of carbonyl (C=O) groups is 1. The standard InChI is InChI=1S/C20H20O3/c1-4-6-14-10-17(13-21)20(23-3)18(11-14)15-8-9-19(22)16(12-15)7-5-2/h4-5,8-13,22H,1-2,6-7H2,3H3. The summed E-state index contributed by atoms with van der Waals surface area (Å²) in [6.07, 6.45) is 5.55. The van der Waals surface area contributed by atoms with Gasteiger partial charge in [0, 0.05) is 5.56 Å². The number of benzene rings is 2. The van der Waals surface area contributed by atoms with Crippen molar-refractivity contribution >= 4 is 6.29 Å². The molecule has 0 unspecified atom stereocenters. The lowest BCUT2D eigenvalue weighted by atomic mass is 9.95. The van der Waals surface area contributed by atoms with Gasteiger partial charge in [-0.15, -0.1) is 13.2 Å². The highest BCUT2D eigenvalue weighted by molar-refractivity contribution is 5.87. The molecule has 1 N–H and O–H groups in total. The van der Waals surface area contributed by atoms with Crippen LogP contribution in [0.5, 0.6) is 11.5 Å². The van der Waals surface area contributed by atoms with Crippen molar-refractivity contribution in [3.05, 3.63) is 72.3 Å². The Hall–Kier alpha value is -2.81. The number of hydrogen-bond donors (Lipinski definition) is 1. The lowest BCUT2D eigenvalue weighted by Gasteiger charge is -2.14. The van der Waals surface area contributed by atoms with E-state index < -0.39 is 0 Å². The van der Waals surface area contributed by atoms with Crippen LogP contribution in [0.3, 0.4) is 0 Å². The van der Waals surface area contributed by atoms with Crippen molar-refractivity contribution in [2.45, 2.75) is 12.8 Å². The van der Waals surface area contributed by atoms with Gasteiger partial charge >= 0.3 is 0 Å². The predicted molar refractivity (Wildman–Crippen MR) is 93.3 cm³/mol. The van der Waals surface area contributed by atoms with Crippen LogP contribution in [-0.4, -0.2) is 18.5 Å². The average Bonchev–Trinajstić information content (AvgIpc) is 2.56. The Morgan fingerprint density at radius 2 is 1.87 bits per heavy atom. The molecule has 0 aliphatic heterocycles. The van der Waals surface area contributed by atoms with Crippen molar-refractivity contribution in [2.24, 2.45) is 0 Å². The highest BCUT2D eigenvalue weighted by atomic mass is 16.5. The molecular formula is C20H20O3. The van der Waals surface area contributed by atoms with Crippen molar-refractivity contribution in [3.63, 3.8) is 0 Å². The molecule has 0 aliphatic rings. The summed E-state index contributed by atoms with van der Waals surface area (Å²) in [6, 6.07) is 9.14. The number of aldehydes is 1. The Labute approximate surface area is 136 Å². The second kappa shape index (κ2) is 7.45. The van der Waals surface area contributed by atoms with Crippen LogP contribution in [-0.2, 0) is 12.8 Å². The molecule has 0 bridgehead atoms. The van der Waals surface area contributed by atoms with E-state index in [1.807, 2.05) is 24.3 Å². The van der Waals surface area contributed by atoms with Gasteiger partial charge in [-0.3, -0.25) is 4.79 Å². The third kappa shape index (κ3) is 3.51. The number of aromatic hydroxyl groups is 1. The van der Waals surface area contributed by atoms with E-state index in [-0.39, 0.29) is 5.75 Å². The smallest absolute Gasteiger partial charge is 0.153 e. The first-order valence-electron chi connectivity index (χ1n) is 7.34. The number of phenolic OH excluding ortho intramolecular Hbond substituents is 1. The van der Waals surface area contributed by atoms with Gasteiger partial charge in [-0.1, -0.05) is 18.2 Å². The summed E-state index contributed by atoms with van der Waals surface area (Å²) in [7, 11) is 1.55. The lowest BCUT2D eigenvalue weighted by Crippen LogP contribution is -1.97. The maximum absolute atomic E-state index is 11.4. The average molecular weight is 308 g/mol. The molecule has 0 radical (unpaired) electrons. The topological polar surface area (TPSA) is 46.5 Å². The van der Waals surface area contributed by atoms with Crippen molar-refractivity contribution < 1.29 is 14.6 Å². The Bertz CT molecular complexity index is 745.